The van der Waals surface area contributed by atoms with Gasteiger partial charge in [0, 0.05) is 23.3 Å². The van der Waals surface area contributed by atoms with Gasteiger partial charge in [0.05, 0.1) is 17.4 Å². The van der Waals surface area contributed by atoms with Crippen LogP contribution >= 0.6 is 22.9 Å². The van der Waals surface area contributed by atoms with E-state index in [1.807, 2.05) is 6.07 Å². The van der Waals surface area contributed by atoms with Crippen LogP contribution in [0.2, 0.25) is 4.34 Å². The Kier molecular flexibility index (Phi) is 4.97. The molecule has 1 fully saturated rings. The van der Waals surface area contributed by atoms with E-state index in [1.54, 1.807) is 30.3 Å². The fourth-order valence-corrected chi connectivity index (χ4v) is 3.49. The predicted octanol–water partition coefficient (Wildman–Crippen LogP) is 2.98. The van der Waals surface area contributed by atoms with Crippen LogP contribution in [-0.4, -0.2) is 22.6 Å². The molecule has 24 heavy (non-hydrogen) atoms. The normalized spacial score (nSPS) is 14.3. The van der Waals surface area contributed by atoms with E-state index in [0.29, 0.717) is 16.4 Å². The van der Waals surface area contributed by atoms with Crippen LogP contribution < -0.4 is 5.32 Å². The molecule has 0 aliphatic carbocycles. The van der Waals surface area contributed by atoms with Crippen LogP contribution in [-0.2, 0) is 22.7 Å². The van der Waals surface area contributed by atoms with E-state index < -0.39 is 0 Å². The highest BCUT2D eigenvalue weighted by Crippen LogP contribution is 2.21. The van der Waals surface area contributed by atoms with Crippen molar-refractivity contribution in [1.82, 2.24) is 10.2 Å². The second-order valence-corrected chi connectivity index (χ2v) is 7.26. The van der Waals surface area contributed by atoms with E-state index in [0.717, 1.165) is 10.4 Å². The molecule has 3 rings (SSSR count). The van der Waals surface area contributed by atoms with Crippen LogP contribution in [0.25, 0.3) is 0 Å². The van der Waals surface area contributed by atoms with Crippen molar-refractivity contribution in [2.75, 3.05) is 0 Å². The van der Waals surface area contributed by atoms with Crippen molar-refractivity contribution in [1.29, 1.82) is 0 Å². The number of halogens is 1. The molecular formula is C17H15ClN2O3S. The molecule has 3 amide bonds. The molecule has 124 valence electrons. The highest BCUT2D eigenvalue weighted by molar-refractivity contribution is 7.16. The monoisotopic (exact) mass is 362 g/mol. The maximum Gasteiger partial charge on any atom is 0.251 e. The van der Waals surface area contributed by atoms with Gasteiger partial charge in [-0.3, -0.25) is 19.3 Å². The molecule has 1 aliphatic rings. The smallest absolute Gasteiger partial charge is 0.251 e. The van der Waals surface area contributed by atoms with Gasteiger partial charge in [0.1, 0.15) is 0 Å². The van der Waals surface area contributed by atoms with Crippen LogP contribution in [0, 0.1) is 0 Å². The molecule has 1 saturated heterocycles. The van der Waals surface area contributed by atoms with Crippen LogP contribution in [0.5, 0.6) is 0 Å². The fourth-order valence-electron chi connectivity index (χ4n) is 2.46. The number of likely N-dealkylation sites (tertiary alicyclic amines) is 1. The summed E-state index contributed by atoms with van der Waals surface area (Å²) in [5.41, 5.74) is 1.35. The van der Waals surface area contributed by atoms with Crippen LogP contribution in [0.3, 0.4) is 0 Å². The summed E-state index contributed by atoms with van der Waals surface area (Å²) in [6.07, 6.45) is 0.568. The lowest BCUT2D eigenvalue weighted by Gasteiger charge is -2.13. The molecule has 1 N–H and O–H groups in total. The number of amides is 3. The first kappa shape index (κ1) is 16.7. The number of carbonyl (C=O) groups is 3. The molecule has 0 saturated carbocycles. The Bertz CT molecular complexity index is 769. The zero-order valence-corrected chi connectivity index (χ0v) is 14.3. The predicted molar refractivity (Wildman–Crippen MR) is 91.7 cm³/mol. The summed E-state index contributed by atoms with van der Waals surface area (Å²) in [5.74, 6) is -0.466. The Hall–Kier alpha value is -2.18. The highest BCUT2D eigenvalue weighted by Gasteiger charge is 2.28. The molecule has 0 spiro atoms. The quantitative estimate of drug-likeness (QED) is 0.831. The van der Waals surface area contributed by atoms with E-state index in [9.17, 15) is 14.4 Å². The lowest BCUT2D eigenvalue weighted by atomic mass is 10.1. The maximum atomic E-state index is 12.1. The van der Waals surface area contributed by atoms with Crippen molar-refractivity contribution in [3.63, 3.8) is 0 Å². The SMILES string of the molecule is O=C(NCc1ccc(Cl)s1)c1ccc(CN2C(=O)CCC2=O)cc1. The average Bonchev–Trinajstić information content (AvgIpc) is 3.13. The zero-order chi connectivity index (χ0) is 17.1. The molecular weight excluding hydrogens is 348 g/mol. The molecule has 0 atom stereocenters. The summed E-state index contributed by atoms with van der Waals surface area (Å²) in [6, 6.07) is 10.6. The Labute approximate surface area is 148 Å². The number of thiophene rings is 1. The minimum atomic E-state index is -0.181. The van der Waals surface area contributed by atoms with Gasteiger partial charge < -0.3 is 5.32 Å². The molecule has 2 aromatic rings. The Morgan fingerprint density at radius 3 is 2.33 bits per heavy atom. The first-order chi connectivity index (χ1) is 11.5. The van der Waals surface area contributed by atoms with Crippen molar-refractivity contribution < 1.29 is 14.4 Å². The minimum Gasteiger partial charge on any atom is -0.347 e. The van der Waals surface area contributed by atoms with Crippen LogP contribution in [0.4, 0.5) is 0 Å². The van der Waals surface area contributed by atoms with Crippen molar-refractivity contribution in [3.05, 3.63) is 56.7 Å². The van der Waals surface area contributed by atoms with Gasteiger partial charge in [-0.15, -0.1) is 11.3 Å². The van der Waals surface area contributed by atoms with E-state index in [1.165, 1.54) is 16.2 Å². The van der Waals surface area contributed by atoms with Crippen molar-refractivity contribution >= 4 is 40.7 Å². The van der Waals surface area contributed by atoms with E-state index in [2.05, 4.69) is 5.32 Å². The third-order valence-electron chi connectivity index (χ3n) is 3.76. The molecule has 1 aromatic heterocycles. The fraction of sp³-hybridized carbons (Fsp3) is 0.235. The number of nitrogens with zero attached hydrogens (tertiary/aromatic N) is 1. The number of nitrogens with one attached hydrogen (secondary N) is 1. The van der Waals surface area contributed by atoms with E-state index >= 15 is 0 Å². The van der Waals surface area contributed by atoms with Gasteiger partial charge in [0.2, 0.25) is 11.8 Å². The van der Waals surface area contributed by atoms with Gasteiger partial charge in [-0.05, 0) is 29.8 Å². The number of hydrogen-bond donors (Lipinski definition) is 1. The second-order valence-electron chi connectivity index (χ2n) is 5.46. The lowest BCUT2D eigenvalue weighted by Crippen LogP contribution is -2.28. The second kappa shape index (κ2) is 7.15. The zero-order valence-electron chi connectivity index (χ0n) is 12.8. The largest absolute Gasteiger partial charge is 0.347 e. The van der Waals surface area contributed by atoms with Crippen LogP contribution in [0.15, 0.2) is 36.4 Å². The van der Waals surface area contributed by atoms with Gasteiger partial charge in [0.15, 0.2) is 0 Å². The minimum absolute atomic E-state index is 0.142. The summed E-state index contributed by atoms with van der Waals surface area (Å²) < 4.78 is 0.689. The Balaban J connectivity index is 1.58. The van der Waals surface area contributed by atoms with Gasteiger partial charge in [-0.1, -0.05) is 23.7 Å². The molecule has 0 bridgehead atoms. The van der Waals surface area contributed by atoms with Crippen molar-refractivity contribution in [3.8, 4) is 0 Å². The first-order valence-corrected chi connectivity index (χ1v) is 8.67. The van der Waals surface area contributed by atoms with Crippen molar-refractivity contribution in [2.45, 2.75) is 25.9 Å². The summed E-state index contributed by atoms with van der Waals surface area (Å²) in [6.45, 7) is 0.683. The number of rotatable bonds is 5. The van der Waals surface area contributed by atoms with Gasteiger partial charge in [-0.25, -0.2) is 0 Å². The molecule has 0 unspecified atom stereocenters. The summed E-state index contributed by atoms with van der Waals surface area (Å²) >= 11 is 7.28. The van der Waals surface area contributed by atoms with E-state index in [4.69, 9.17) is 11.6 Å². The Morgan fingerprint density at radius 2 is 1.75 bits per heavy atom. The summed E-state index contributed by atoms with van der Waals surface area (Å²) in [5, 5.41) is 2.83. The third-order valence-corrected chi connectivity index (χ3v) is 4.99. The first-order valence-electron chi connectivity index (χ1n) is 7.47. The maximum absolute atomic E-state index is 12.1. The number of benzene rings is 1. The Morgan fingerprint density at radius 1 is 1.08 bits per heavy atom. The topological polar surface area (TPSA) is 66.5 Å². The standard InChI is InChI=1S/C17H15ClN2O3S/c18-14-6-5-13(24-14)9-19-17(23)12-3-1-11(2-4-12)10-20-15(21)7-8-16(20)22/h1-6H,7-10H2,(H,19,23). The summed E-state index contributed by atoms with van der Waals surface area (Å²) in [4.78, 5) is 37.6. The number of hydrogen-bond acceptors (Lipinski definition) is 4. The number of carbonyl (C=O) groups excluding carboxylic acids is 3. The molecule has 5 nitrogen and oxygen atoms in total. The van der Waals surface area contributed by atoms with Gasteiger partial charge in [0.25, 0.3) is 5.91 Å². The van der Waals surface area contributed by atoms with Gasteiger partial charge >= 0.3 is 0 Å². The van der Waals surface area contributed by atoms with Crippen molar-refractivity contribution in [2.24, 2.45) is 0 Å². The summed E-state index contributed by atoms with van der Waals surface area (Å²) in [7, 11) is 0. The van der Waals surface area contributed by atoms with Crippen LogP contribution in [0.1, 0.15) is 33.6 Å². The van der Waals surface area contributed by atoms with Gasteiger partial charge in [-0.2, -0.15) is 0 Å². The molecule has 0 radical (unpaired) electrons. The lowest BCUT2D eigenvalue weighted by molar-refractivity contribution is -0.139. The molecule has 1 aromatic carbocycles. The third kappa shape index (κ3) is 3.83. The molecule has 2 heterocycles. The molecule has 1 aliphatic heterocycles. The van der Waals surface area contributed by atoms with E-state index in [-0.39, 0.29) is 37.1 Å². The number of imide groups is 1. The average molecular weight is 363 g/mol. The highest BCUT2D eigenvalue weighted by atomic mass is 35.5. The molecule has 7 heteroatoms.